The number of anilines is 1. The van der Waals surface area contributed by atoms with Crippen LogP contribution in [-0.4, -0.2) is 28.1 Å². The van der Waals surface area contributed by atoms with Crippen molar-refractivity contribution in [1.82, 2.24) is 9.55 Å². The summed E-state index contributed by atoms with van der Waals surface area (Å²) in [5, 5.41) is 3.30. The first-order valence-electron chi connectivity index (χ1n) is 4.73. The Kier molecular flexibility index (Phi) is 5.22. The minimum absolute atomic E-state index is 0.810. The molecule has 4 heteroatoms. The van der Waals surface area contributed by atoms with Gasteiger partial charge in [-0.25, -0.2) is 4.98 Å². The molecule has 0 bridgehead atoms. The fourth-order valence-electron chi connectivity index (χ4n) is 1.18. The first kappa shape index (κ1) is 11.2. The van der Waals surface area contributed by atoms with E-state index in [9.17, 15) is 0 Å². The molecule has 0 saturated carbocycles. The summed E-state index contributed by atoms with van der Waals surface area (Å²) in [5.74, 6) is 2.13. The molecule has 14 heavy (non-hydrogen) atoms. The molecule has 0 aliphatic rings. The lowest BCUT2D eigenvalue weighted by atomic mass is 10.5. The van der Waals surface area contributed by atoms with Gasteiger partial charge in [0.1, 0.15) is 0 Å². The van der Waals surface area contributed by atoms with Gasteiger partial charge >= 0.3 is 0 Å². The molecule has 0 saturated heterocycles. The SMILES string of the molecule is C=CCn1ccnc1NCCCSC. The number of nitrogens with zero attached hydrogens (tertiary/aromatic N) is 2. The predicted octanol–water partition coefficient (Wildman–Crippen LogP) is 2.23. The van der Waals surface area contributed by atoms with Gasteiger partial charge in [-0.3, -0.25) is 0 Å². The Morgan fingerprint density at radius 2 is 2.57 bits per heavy atom. The van der Waals surface area contributed by atoms with E-state index in [0.29, 0.717) is 0 Å². The van der Waals surface area contributed by atoms with Crippen molar-refractivity contribution in [3.63, 3.8) is 0 Å². The minimum atomic E-state index is 0.810. The Balaban J connectivity index is 2.33. The van der Waals surface area contributed by atoms with Gasteiger partial charge in [-0.2, -0.15) is 11.8 Å². The maximum atomic E-state index is 4.23. The number of allylic oxidation sites excluding steroid dienone is 1. The lowest BCUT2D eigenvalue weighted by Gasteiger charge is -2.06. The van der Waals surface area contributed by atoms with Crippen LogP contribution in [-0.2, 0) is 6.54 Å². The lowest BCUT2D eigenvalue weighted by molar-refractivity contribution is 0.815. The number of hydrogen-bond donors (Lipinski definition) is 1. The zero-order chi connectivity index (χ0) is 10.2. The highest BCUT2D eigenvalue weighted by atomic mass is 32.2. The summed E-state index contributed by atoms with van der Waals surface area (Å²) in [4.78, 5) is 4.23. The maximum absolute atomic E-state index is 4.23. The Hall–Kier alpha value is -0.900. The van der Waals surface area contributed by atoms with Gasteiger partial charge in [-0.15, -0.1) is 6.58 Å². The molecule has 0 spiro atoms. The van der Waals surface area contributed by atoms with Crippen molar-refractivity contribution in [1.29, 1.82) is 0 Å². The molecular formula is C10H17N3S. The van der Waals surface area contributed by atoms with Gasteiger partial charge in [0.2, 0.25) is 5.95 Å². The molecule has 0 aliphatic heterocycles. The number of imidazole rings is 1. The standard InChI is InChI=1S/C10H17N3S/c1-3-7-13-8-6-12-10(13)11-5-4-9-14-2/h3,6,8H,1,4-5,7,9H2,2H3,(H,11,12). The van der Waals surface area contributed by atoms with E-state index in [2.05, 4.69) is 23.1 Å². The second kappa shape index (κ2) is 6.54. The van der Waals surface area contributed by atoms with E-state index in [1.165, 1.54) is 12.2 Å². The molecule has 0 fully saturated rings. The Morgan fingerprint density at radius 3 is 3.29 bits per heavy atom. The molecule has 0 unspecified atom stereocenters. The molecule has 0 amide bonds. The molecule has 1 rings (SSSR count). The molecule has 1 heterocycles. The normalized spacial score (nSPS) is 10.1. The Labute approximate surface area is 89.6 Å². The van der Waals surface area contributed by atoms with Gasteiger partial charge in [-0.1, -0.05) is 6.08 Å². The molecule has 1 aromatic heterocycles. The van der Waals surface area contributed by atoms with Gasteiger partial charge in [0.25, 0.3) is 0 Å². The summed E-state index contributed by atoms with van der Waals surface area (Å²) in [6, 6.07) is 0. The highest BCUT2D eigenvalue weighted by Gasteiger charge is 1.98. The molecule has 0 atom stereocenters. The van der Waals surface area contributed by atoms with Crippen LogP contribution in [0.4, 0.5) is 5.95 Å². The Bertz CT molecular complexity index is 270. The zero-order valence-corrected chi connectivity index (χ0v) is 9.39. The summed E-state index contributed by atoms with van der Waals surface area (Å²) in [6.45, 7) is 5.50. The van der Waals surface area contributed by atoms with Gasteiger partial charge in [0, 0.05) is 25.5 Å². The van der Waals surface area contributed by atoms with E-state index in [1.807, 2.05) is 28.6 Å². The van der Waals surface area contributed by atoms with Crippen molar-refractivity contribution in [2.45, 2.75) is 13.0 Å². The highest BCUT2D eigenvalue weighted by Crippen LogP contribution is 2.04. The minimum Gasteiger partial charge on any atom is -0.356 e. The smallest absolute Gasteiger partial charge is 0.203 e. The molecule has 0 aromatic carbocycles. The maximum Gasteiger partial charge on any atom is 0.203 e. The van der Waals surface area contributed by atoms with Crippen LogP contribution in [0.1, 0.15) is 6.42 Å². The lowest BCUT2D eigenvalue weighted by Crippen LogP contribution is -2.08. The van der Waals surface area contributed by atoms with E-state index in [4.69, 9.17) is 0 Å². The average molecular weight is 211 g/mol. The molecule has 3 nitrogen and oxygen atoms in total. The number of hydrogen-bond acceptors (Lipinski definition) is 3. The van der Waals surface area contributed by atoms with Gasteiger partial charge in [0.15, 0.2) is 0 Å². The first-order chi connectivity index (χ1) is 6.88. The molecular weight excluding hydrogens is 194 g/mol. The first-order valence-corrected chi connectivity index (χ1v) is 6.12. The second-order valence-corrected chi connectivity index (χ2v) is 3.95. The second-order valence-electron chi connectivity index (χ2n) is 2.97. The van der Waals surface area contributed by atoms with Crippen LogP contribution in [0.5, 0.6) is 0 Å². The van der Waals surface area contributed by atoms with E-state index >= 15 is 0 Å². The largest absolute Gasteiger partial charge is 0.356 e. The van der Waals surface area contributed by atoms with Crippen molar-refractivity contribution < 1.29 is 0 Å². The predicted molar refractivity (Wildman–Crippen MR) is 63.9 cm³/mol. The van der Waals surface area contributed by atoms with Crippen LogP contribution in [0.3, 0.4) is 0 Å². The molecule has 78 valence electrons. The monoisotopic (exact) mass is 211 g/mol. The summed E-state index contributed by atoms with van der Waals surface area (Å²) >= 11 is 1.87. The summed E-state index contributed by atoms with van der Waals surface area (Å²) in [7, 11) is 0. The number of rotatable bonds is 7. The molecule has 0 aliphatic carbocycles. The highest BCUT2D eigenvalue weighted by molar-refractivity contribution is 7.98. The van der Waals surface area contributed by atoms with Crippen LogP contribution in [0.15, 0.2) is 25.0 Å². The molecule has 1 N–H and O–H groups in total. The van der Waals surface area contributed by atoms with Crippen LogP contribution >= 0.6 is 11.8 Å². The number of thioether (sulfide) groups is 1. The van der Waals surface area contributed by atoms with Crippen molar-refractivity contribution in [2.24, 2.45) is 0 Å². The van der Waals surface area contributed by atoms with Crippen molar-refractivity contribution in [3.8, 4) is 0 Å². The van der Waals surface area contributed by atoms with Gasteiger partial charge in [0.05, 0.1) is 0 Å². The van der Waals surface area contributed by atoms with Crippen LogP contribution in [0.2, 0.25) is 0 Å². The third-order valence-electron chi connectivity index (χ3n) is 1.85. The third-order valence-corrected chi connectivity index (χ3v) is 2.55. The van der Waals surface area contributed by atoms with Crippen LogP contribution in [0.25, 0.3) is 0 Å². The van der Waals surface area contributed by atoms with Crippen molar-refractivity contribution in [2.75, 3.05) is 23.9 Å². The van der Waals surface area contributed by atoms with Gasteiger partial charge in [-0.05, 0) is 18.4 Å². The van der Waals surface area contributed by atoms with E-state index in [0.717, 1.165) is 19.0 Å². The fourth-order valence-corrected chi connectivity index (χ4v) is 1.61. The van der Waals surface area contributed by atoms with E-state index in [-0.39, 0.29) is 0 Å². The van der Waals surface area contributed by atoms with E-state index < -0.39 is 0 Å². The summed E-state index contributed by atoms with van der Waals surface area (Å²) < 4.78 is 2.05. The third kappa shape index (κ3) is 3.46. The fraction of sp³-hybridized carbons (Fsp3) is 0.500. The molecule has 0 radical (unpaired) electrons. The zero-order valence-electron chi connectivity index (χ0n) is 8.57. The van der Waals surface area contributed by atoms with Crippen molar-refractivity contribution >= 4 is 17.7 Å². The summed E-state index contributed by atoms with van der Waals surface area (Å²) in [6.07, 6.45) is 8.93. The topological polar surface area (TPSA) is 29.9 Å². The summed E-state index contributed by atoms with van der Waals surface area (Å²) in [5.41, 5.74) is 0. The number of aromatic nitrogens is 2. The van der Waals surface area contributed by atoms with Crippen LogP contribution < -0.4 is 5.32 Å². The number of nitrogens with one attached hydrogen (secondary N) is 1. The average Bonchev–Trinajstić information content (AvgIpc) is 2.61. The van der Waals surface area contributed by atoms with Crippen LogP contribution in [0, 0.1) is 0 Å². The Morgan fingerprint density at radius 1 is 1.71 bits per heavy atom. The quantitative estimate of drug-likeness (QED) is 0.554. The van der Waals surface area contributed by atoms with Gasteiger partial charge < -0.3 is 9.88 Å². The molecule has 1 aromatic rings. The van der Waals surface area contributed by atoms with Crippen molar-refractivity contribution in [3.05, 3.63) is 25.0 Å². The van der Waals surface area contributed by atoms with E-state index in [1.54, 1.807) is 6.20 Å².